The zero-order valence-electron chi connectivity index (χ0n) is 15.4. The summed E-state index contributed by atoms with van der Waals surface area (Å²) in [5, 5.41) is 17.5. The van der Waals surface area contributed by atoms with Crippen molar-refractivity contribution >= 4 is 5.97 Å². The summed E-state index contributed by atoms with van der Waals surface area (Å²) in [5.41, 5.74) is 0. The van der Waals surface area contributed by atoms with Crippen molar-refractivity contribution in [3.05, 3.63) is 5.82 Å². The number of nitrogens with one attached hydrogen (secondary N) is 2. The summed E-state index contributed by atoms with van der Waals surface area (Å²) in [7, 11) is 0. The van der Waals surface area contributed by atoms with Crippen molar-refractivity contribution in [2.45, 2.75) is 64.8 Å². The predicted molar refractivity (Wildman–Crippen MR) is 93.6 cm³/mol. The van der Waals surface area contributed by atoms with Crippen molar-refractivity contribution in [2.75, 3.05) is 13.2 Å². The van der Waals surface area contributed by atoms with Crippen LogP contribution in [0, 0.1) is 23.7 Å². The summed E-state index contributed by atoms with van der Waals surface area (Å²) in [6.45, 7) is 5.78. The molecule has 2 heterocycles. The molecule has 7 heteroatoms. The molecule has 140 valence electrons. The van der Waals surface area contributed by atoms with Gasteiger partial charge in [-0.15, -0.1) is 5.10 Å². The van der Waals surface area contributed by atoms with Gasteiger partial charge in [-0.05, 0) is 72.7 Å². The normalized spacial score (nSPS) is 29.4. The number of nitrogens with zero attached hydrogens (tertiary/aromatic N) is 3. The first-order valence-electron chi connectivity index (χ1n) is 9.74. The zero-order chi connectivity index (χ0) is 17.6. The van der Waals surface area contributed by atoms with E-state index in [9.17, 15) is 4.79 Å². The van der Waals surface area contributed by atoms with E-state index in [4.69, 9.17) is 4.74 Å². The molecule has 4 atom stereocenters. The van der Waals surface area contributed by atoms with E-state index in [0.717, 1.165) is 38.1 Å². The second-order valence-corrected chi connectivity index (χ2v) is 8.13. The van der Waals surface area contributed by atoms with Crippen LogP contribution < -0.4 is 5.32 Å². The van der Waals surface area contributed by atoms with Crippen molar-refractivity contribution in [2.24, 2.45) is 23.7 Å². The van der Waals surface area contributed by atoms with Crippen LogP contribution in [-0.4, -0.2) is 45.8 Å². The highest BCUT2D eigenvalue weighted by atomic mass is 16.5. The third-order valence-electron chi connectivity index (χ3n) is 5.82. The molecule has 0 aromatic carbocycles. The van der Waals surface area contributed by atoms with Crippen molar-refractivity contribution in [3.8, 4) is 0 Å². The van der Waals surface area contributed by atoms with Gasteiger partial charge >= 0.3 is 5.97 Å². The van der Waals surface area contributed by atoms with Crippen LogP contribution in [0.1, 0.15) is 58.2 Å². The summed E-state index contributed by atoms with van der Waals surface area (Å²) in [4.78, 5) is 12.3. The van der Waals surface area contributed by atoms with Crippen LogP contribution >= 0.6 is 0 Å². The molecular formula is C18H31N5O2. The van der Waals surface area contributed by atoms with Gasteiger partial charge in [0.15, 0.2) is 0 Å². The molecule has 2 N–H and O–H groups in total. The number of aromatic nitrogens is 4. The molecule has 0 bridgehead atoms. The Morgan fingerprint density at radius 1 is 1.28 bits per heavy atom. The van der Waals surface area contributed by atoms with Crippen molar-refractivity contribution in [1.82, 2.24) is 25.9 Å². The van der Waals surface area contributed by atoms with Gasteiger partial charge in [0.2, 0.25) is 0 Å². The molecule has 25 heavy (non-hydrogen) atoms. The Balaban J connectivity index is 1.44. The number of fused-ring (bicyclic) bond motifs is 1. The minimum absolute atomic E-state index is 0.0612. The summed E-state index contributed by atoms with van der Waals surface area (Å²) in [6.07, 6.45) is 7.63. The number of hydrogen-bond acceptors (Lipinski definition) is 6. The van der Waals surface area contributed by atoms with E-state index in [0.29, 0.717) is 30.3 Å². The quantitative estimate of drug-likeness (QED) is 0.733. The smallest absolute Gasteiger partial charge is 0.323 e. The Kier molecular flexibility index (Phi) is 6.39. The maximum Gasteiger partial charge on any atom is 0.323 e. The average Bonchev–Trinajstić information content (AvgIpc) is 3.12. The monoisotopic (exact) mass is 349 g/mol. The summed E-state index contributed by atoms with van der Waals surface area (Å²) >= 11 is 0. The van der Waals surface area contributed by atoms with Crippen LogP contribution in [0.2, 0.25) is 0 Å². The van der Waals surface area contributed by atoms with Crippen molar-refractivity contribution in [3.63, 3.8) is 0 Å². The van der Waals surface area contributed by atoms with Crippen LogP contribution in [-0.2, 0) is 16.0 Å². The fourth-order valence-electron chi connectivity index (χ4n) is 4.22. The molecule has 0 amide bonds. The van der Waals surface area contributed by atoms with Gasteiger partial charge in [-0.1, -0.05) is 20.3 Å². The van der Waals surface area contributed by atoms with Gasteiger partial charge in [-0.2, -0.15) is 0 Å². The maximum atomic E-state index is 12.3. The van der Waals surface area contributed by atoms with Gasteiger partial charge in [0, 0.05) is 6.42 Å². The van der Waals surface area contributed by atoms with Crippen LogP contribution in [0.3, 0.4) is 0 Å². The van der Waals surface area contributed by atoms with Crippen molar-refractivity contribution in [1.29, 1.82) is 0 Å². The van der Waals surface area contributed by atoms with Crippen LogP contribution in [0.25, 0.3) is 0 Å². The number of ether oxygens (including phenoxy) is 1. The Morgan fingerprint density at radius 3 is 2.92 bits per heavy atom. The highest BCUT2D eigenvalue weighted by Gasteiger charge is 2.38. The SMILES string of the molecule is CC(C)CCOC(=O)[C@@H]1C[C@H]2C[C@@H](CCc3nnn[nH]3)CC[C@H]2CN1. The highest BCUT2D eigenvalue weighted by Crippen LogP contribution is 2.40. The lowest BCUT2D eigenvalue weighted by molar-refractivity contribution is -0.148. The number of carbonyl (C=O) groups excluding carboxylic acids is 1. The molecule has 1 aromatic heterocycles. The number of carbonyl (C=O) groups is 1. The number of tetrazole rings is 1. The number of aromatic amines is 1. The van der Waals surface area contributed by atoms with Gasteiger partial charge in [-0.25, -0.2) is 5.10 Å². The van der Waals surface area contributed by atoms with E-state index in [-0.39, 0.29) is 12.0 Å². The minimum atomic E-state index is -0.120. The zero-order valence-corrected chi connectivity index (χ0v) is 15.4. The lowest BCUT2D eigenvalue weighted by atomic mass is 9.69. The van der Waals surface area contributed by atoms with E-state index < -0.39 is 0 Å². The van der Waals surface area contributed by atoms with Crippen LogP contribution in [0.15, 0.2) is 0 Å². The molecule has 0 spiro atoms. The molecule has 1 saturated carbocycles. The predicted octanol–water partition coefficient (Wildman–Crippen LogP) is 2.12. The molecule has 2 fully saturated rings. The molecule has 1 aliphatic heterocycles. The largest absolute Gasteiger partial charge is 0.465 e. The lowest BCUT2D eigenvalue weighted by Crippen LogP contribution is -2.50. The standard InChI is InChI=1S/C18H31N5O2/c1-12(2)7-8-25-18(24)16-10-15-9-13(3-5-14(15)11-19-16)4-6-17-20-22-23-21-17/h12-16,19H,3-11H2,1-2H3,(H,20,21,22,23)/t13-,14+,15-,16+/m1/s1. The summed E-state index contributed by atoms with van der Waals surface area (Å²) in [6, 6.07) is -0.120. The molecule has 0 unspecified atom stereocenters. The van der Waals surface area contributed by atoms with Crippen LogP contribution in [0.5, 0.6) is 0 Å². The Labute approximate surface area is 149 Å². The fraction of sp³-hybridized carbons (Fsp3) is 0.889. The molecule has 0 radical (unpaired) electrons. The van der Waals surface area contributed by atoms with E-state index in [1.165, 1.54) is 19.3 Å². The molecule has 1 aliphatic carbocycles. The maximum absolute atomic E-state index is 12.3. The second-order valence-electron chi connectivity index (χ2n) is 8.13. The first-order valence-corrected chi connectivity index (χ1v) is 9.74. The van der Waals surface area contributed by atoms with Gasteiger partial charge in [0.25, 0.3) is 0 Å². The van der Waals surface area contributed by atoms with E-state index in [1.54, 1.807) is 0 Å². The first-order chi connectivity index (χ1) is 12.1. The molecular weight excluding hydrogens is 318 g/mol. The molecule has 1 aromatic rings. The number of esters is 1. The molecule has 3 rings (SSSR count). The Morgan fingerprint density at radius 2 is 2.16 bits per heavy atom. The van der Waals surface area contributed by atoms with Gasteiger partial charge < -0.3 is 10.1 Å². The van der Waals surface area contributed by atoms with Crippen molar-refractivity contribution < 1.29 is 9.53 Å². The third kappa shape index (κ3) is 5.23. The number of hydrogen-bond donors (Lipinski definition) is 2. The topological polar surface area (TPSA) is 92.8 Å². The molecule has 1 saturated heterocycles. The van der Waals surface area contributed by atoms with Crippen LogP contribution in [0.4, 0.5) is 0 Å². The summed E-state index contributed by atoms with van der Waals surface area (Å²) < 4.78 is 5.47. The number of H-pyrrole nitrogens is 1. The van der Waals surface area contributed by atoms with Gasteiger partial charge in [0.1, 0.15) is 11.9 Å². The highest BCUT2D eigenvalue weighted by molar-refractivity contribution is 5.75. The Bertz CT molecular complexity index is 534. The van der Waals surface area contributed by atoms with E-state index in [1.807, 2.05) is 0 Å². The molecule has 7 nitrogen and oxygen atoms in total. The van der Waals surface area contributed by atoms with Gasteiger partial charge in [-0.3, -0.25) is 4.79 Å². The van der Waals surface area contributed by atoms with E-state index in [2.05, 4.69) is 39.8 Å². The Hall–Kier alpha value is -1.50. The summed E-state index contributed by atoms with van der Waals surface area (Å²) in [5.74, 6) is 3.43. The van der Waals surface area contributed by atoms with Gasteiger partial charge in [0.05, 0.1) is 6.61 Å². The number of piperidine rings is 1. The van der Waals surface area contributed by atoms with E-state index >= 15 is 0 Å². The first kappa shape index (κ1) is 18.3. The number of rotatable bonds is 7. The average molecular weight is 349 g/mol. The third-order valence-corrected chi connectivity index (χ3v) is 5.82. The minimum Gasteiger partial charge on any atom is -0.465 e. The molecule has 2 aliphatic rings. The lowest BCUT2D eigenvalue weighted by Gasteiger charge is -2.42. The second kappa shape index (κ2) is 8.74. The number of aryl methyl sites for hydroxylation is 1. The fourth-order valence-corrected chi connectivity index (χ4v) is 4.22.